The normalized spacial score (nSPS) is 39.1. The van der Waals surface area contributed by atoms with Crippen molar-refractivity contribution in [2.75, 3.05) is 13.6 Å². The highest BCUT2D eigenvalue weighted by molar-refractivity contribution is 4.89. The van der Waals surface area contributed by atoms with E-state index in [9.17, 15) is 0 Å². The van der Waals surface area contributed by atoms with E-state index in [0.717, 1.165) is 17.9 Å². The van der Waals surface area contributed by atoms with Crippen LogP contribution in [0.5, 0.6) is 0 Å². The second-order valence-electron chi connectivity index (χ2n) is 8.72. The molecule has 4 unspecified atom stereocenters. The Bertz CT molecular complexity index is 291. The molecule has 0 aromatic carbocycles. The summed E-state index contributed by atoms with van der Waals surface area (Å²) in [5, 5.41) is 0. The van der Waals surface area contributed by atoms with E-state index in [1.54, 1.807) is 0 Å². The maximum atomic E-state index is 6.45. The fourth-order valence-electron chi connectivity index (χ4n) is 4.59. The highest BCUT2D eigenvalue weighted by Crippen LogP contribution is 2.38. The molecule has 0 radical (unpaired) electrons. The molecule has 0 aliphatic heterocycles. The van der Waals surface area contributed by atoms with Crippen LogP contribution in [0.3, 0.4) is 0 Å². The fourth-order valence-corrected chi connectivity index (χ4v) is 4.59. The van der Waals surface area contributed by atoms with E-state index in [-0.39, 0.29) is 0 Å². The van der Waals surface area contributed by atoms with Crippen molar-refractivity contribution in [2.24, 2.45) is 28.9 Å². The summed E-state index contributed by atoms with van der Waals surface area (Å²) in [5.74, 6) is 2.31. The number of hydrogen-bond donors (Lipinski definition) is 1. The Balaban J connectivity index is 1.86. The predicted molar refractivity (Wildman–Crippen MR) is 87.7 cm³/mol. The summed E-state index contributed by atoms with van der Waals surface area (Å²) in [5.41, 5.74) is 7.02. The lowest BCUT2D eigenvalue weighted by Crippen LogP contribution is -2.48. The third-order valence-electron chi connectivity index (χ3n) is 6.16. The molecule has 0 aromatic heterocycles. The van der Waals surface area contributed by atoms with Gasteiger partial charge in [0, 0.05) is 18.6 Å². The van der Waals surface area contributed by atoms with Crippen LogP contribution in [-0.2, 0) is 0 Å². The third-order valence-corrected chi connectivity index (χ3v) is 6.16. The van der Waals surface area contributed by atoms with E-state index in [0.29, 0.717) is 17.4 Å². The predicted octanol–water partition coefficient (Wildman–Crippen LogP) is 3.90. The summed E-state index contributed by atoms with van der Waals surface area (Å²) in [6.07, 6.45) is 8.09. The molecule has 2 aliphatic rings. The monoisotopic (exact) mass is 280 g/mol. The highest BCUT2D eigenvalue weighted by atomic mass is 15.1. The molecule has 2 N–H and O–H groups in total. The second kappa shape index (κ2) is 6.36. The van der Waals surface area contributed by atoms with Crippen molar-refractivity contribution in [1.29, 1.82) is 0 Å². The van der Waals surface area contributed by atoms with Gasteiger partial charge in [-0.1, -0.05) is 27.7 Å². The van der Waals surface area contributed by atoms with Crippen LogP contribution >= 0.6 is 0 Å². The Labute approximate surface area is 126 Å². The van der Waals surface area contributed by atoms with Crippen LogP contribution in [0.2, 0.25) is 0 Å². The van der Waals surface area contributed by atoms with Crippen molar-refractivity contribution in [3.63, 3.8) is 0 Å². The summed E-state index contributed by atoms with van der Waals surface area (Å²) >= 11 is 0. The number of rotatable bonds is 3. The second-order valence-corrected chi connectivity index (χ2v) is 8.72. The summed E-state index contributed by atoms with van der Waals surface area (Å²) in [6.45, 7) is 10.8. The molecule has 2 aliphatic carbocycles. The van der Waals surface area contributed by atoms with Crippen molar-refractivity contribution in [2.45, 2.75) is 78.3 Å². The first-order chi connectivity index (χ1) is 9.28. The van der Waals surface area contributed by atoms with Crippen molar-refractivity contribution in [3.8, 4) is 0 Å². The van der Waals surface area contributed by atoms with Crippen molar-refractivity contribution in [3.05, 3.63) is 0 Å². The van der Waals surface area contributed by atoms with Gasteiger partial charge >= 0.3 is 0 Å². The van der Waals surface area contributed by atoms with Crippen LogP contribution in [0.15, 0.2) is 0 Å². The number of hydrogen-bond acceptors (Lipinski definition) is 2. The zero-order valence-corrected chi connectivity index (χ0v) is 14.4. The van der Waals surface area contributed by atoms with Gasteiger partial charge in [0.25, 0.3) is 0 Å². The van der Waals surface area contributed by atoms with Crippen molar-refractivity contribution in [1.82, 2.24) is 4.90 Å². The lowest BCUT2D eigenvalue weighted by molar-refractivity contribution is 0.0767. The summed E-state index contributed by atoms with van der Waals surface area (Å²) in [6, 6.07) is 1.21. The minimum absolute atomic E-state index is 0.413. The van der Waals surface area contributed by atoms with E-state index in [1.807, 2.05) is 0 Å². The topological polar surface area (TPSA) is 29.3 Å². The van der Waals surface area contributed by atoms with Crippen LogP contribution < -0.4 is 5.73 Å². The van der Waals surface area contributed by atoms with E-state index < -0.39 is 0 Å². The SMILES string of the molecule is CC1CC(C)C(CN(C)C2CCC(C)(C)CC2)C(N)C1. The van der Waals surface area contributed by atoms with E-state index in [2.05, 4.69) is 39.6 Å². The van der Waals surface area contributed by atoms with Gasteiger partial charge < -0.3 is 10.6 Å². The maximum Gasteiger partial charge on any atom is 0.00927 e. The van der Waals surface area contributed by atoms with Gasteiger partial charge in [0.2, 0.25) is 0 Å². The van der Waals surface area contributed by atoms with Crippen LogP contribution in [0, 0.1) is 23.2 Å². The Morgan fingerprint density at radius 3 is 2.25 bits per heavy atom. The summed E-state index contributed by atoms with van der Waals surface area (Å²) < 4.78 is 0. The zero-order valence-electron chi connectivity index (χ0n) is 14.4. The van der Waals surface area contributed by atoms with Crippen LogP contribution in [0.4, 0.5) is 0 Å². The first kappa shape index (κ1) is 16.3. The highest BCUT2D eigenvalue weighted by Gasteiger charge is 2.35. The van der Waals surface area contributed by atoms with E-state index in [4.69, 9.17) is 5.73 Å². The molecule has 2 rings (SSSR count). The molecule has 2 saturated carbocycles. The Kier molecular flexibility index (Phi) is 5.18. The lowest BCUT2D eigenvalue weighted by atomic mass is 9.71. The van der Waals surface area contributed by atoms with E-state index in [1.165, 1.54) is 45.1 Å². The molecule has 118 valence electrons. The van der Waals surface area contributed by atoms with Gasteiger partial charge in [-0.25, -0.2) is 0 Å². The lowest BCUT2D eigenvalue weighted by Gasteiger charge is -2.43. The molecule has 0 bridgehead atoms. The van der Waals surface area contributed by atoms with Gasteiger partial charge in [0.15, 0.2) is 0 Å². The standard InChI is InChI=1S/C18H36N2/c1-13-10-14(2)16(17(19)11-13)12-20(5)15-6-8-18(3,4)9-7-15/h13-17H,6-12,19H2,1-5H3. The minimum Gasteiger partial charge on any atom is -0.327 e. The molecule has 2 heteroatoms. The molecule has 0 spiro atoms. The maximum absolute atomic E-state index is 6.45. The van der Waals surface area contributed by atoms with E-state index >= 15 is 0 Å². The molecule has 2 fully saturated rings. The van der Waals surface area contributed by atoms with Gasteiger partial charge in [-0.15, -0.1) is 0 Å². The summed E-state index contributed by atoms with van der Waals surface area (Å²) in [7, 11) is 2.33. The van der Waals surface area contributed by atoms with Gasteiger partial charge in [-0.3, -0.25) is 0 Å². The van der Waals surface area contributed by atoms with Gasteiger partial charge in [-0.05, 0) is 68.7 Å². The van der Waals surface area contributed by atoms with Crippen molar-refractivity contribution >= 4 is 0 Å². The molecule has 0 saturated heterocycles. The largest absolute Gasteiger partial charge is 0.327 e. The minimum atomic E-state index is 0.413. The average Bonchev–Trinajstić information content (AvgIpc) is 2.33. The molecule has 0 heterocycles. The Morgan fingerprint density at radius 1 is 1.10 bits per heavy atom. The number of nitrogens with two attached hydrogens (primary N) is 1. The Morgan fingerprint density at radius 2 is 1.70 bits per heavy atom. The zero-order chi connectivity index (χ0) is 14.9. The first-order valence-electron chi connectivity index (χ1n) is 8.74. The van der Waals surface area contributed by atoms with Gasteiger partial charge in [0.05, 0.1) is 0 Å². The fraction of sp³-hybridized carbons (Fsp3) is 1.00. The van der Waals surface area contributed by atoms with Crippen molar-refractivity contribution < 1.29 is 0 Å². The molecular weight excluding hydrogens is 244 g/mol. The molecule has 0 aromatic rings. The number of nitrogens with zero attached hydrogens (tertiary/aromatic N) is 1. The molecule has 4 atom stereocenters. The van der Waals surface area contributed by atoms with Gasteiger partial charge in [0.1, 0.15) is 0 Å². The third kappa shape index (κ3) is 3.98. The molecule has 0 amide bonds. The van der Waals surface area contributed by atoms with Crippen LogP contribution in [-0.4, -0.2) is 30.6 Å². The Hall–Kier alpha value is -0.0800. The van der Waals surface area contributed by atoms with Crippen LogP contribution in [0.1, 0.15) is 66.2 Å². The molecule has 20 heavy (non-hydrogen) atoms. The summed E-state index contributed by atoms with van der Waals surface area (Å²) in [4.78, 5) is 2.63. The molecule has 2 nitrogen and oxygen atoms in total. The van der Waals surface area contributed by atoms with Gasteiger partial charge in [-0.2, -0.15) is 0 Å². The van der Waals surface area contributed by atoms with Crippen LogP contribution in [0.25, 0.3) is 0 Å². The first-order valence-corrected chi connectivity index (χ1v) is 8.74. The molecular formula is C18H36N2. The quantitative estimate of drug-likeness (QED) is 0.849. The average molecular weight is 280 g/mol. The smallest absolute Gasteiger partial charge is 0.00927 e.